The molecule has 6 heteroatoms. The van der Waals surface area contributed by atoms with Crippen LogP contribution in [-0.2, 0) is 0 Å². The summed E-state index contributed by atoms with van der Waals surface area (Å²) in [6, 6.07) is 6.21. The zero-order valence-corrected chi connectivity index (χ0v) is 9.74. The van der Waals surface area contributed by atoms with E-state index in [0.717, 1.165) is 19.4 Å². The minimum absolute atomic E-state index is 0.0899. The van der Waals surface area contributed by atoms with Gasteiger partial charge in [-0.1, -0.05) is 0 Å². The number of benzene rings is 1. The molecule has 1 aliphatic rings. The Bertz CT molecular complexity index is 510. The summed E-state index contributed by atoms with van der Waals surface area (Å²) in [4.78, 5) is 12.0. The summed E-state index contributed by atoms with van der Waals surface area (Å²) in [6.45, 7) is 1.22. The van der Waals surface area contributed by atoms with Gasteiger partial charge in [-0.2, -0.15) is 5.26 Å². The van der Waals surface area contributed by atoms with Crippen LogP contribution in [0.25, 0.3) is 0 Å². The predicted molar refractivity (Wildman–Crippen MR) is 65.3 cm³/mol. The standard InChI is InChI=1S/C12H13N3O3/c13-7-9-6-10(15(17)18)3-4-12(9)14-5-1-2-11(16)8-14/h3-4,6,11,16H,1-2,5,8H2. The van der Waals surface area contributed by atoms with Crippen LogP contribution in [-0.4, -0.2) is 29.2 Å². The van der Waals surface area contributed by atoms with E-state index in [-0.39, 0.29) is 11.3 Å². The van der Waals surface area contributed by atoms with Gasteiger partial charge in [0.05, 0.1) is 22.3 Å². The van der Waals surface area contributed by atoms with Crippen molar-refractivity contribution < 1.29 is 10.0 Å². The van der Waals surface area contributed by atoms with Gasteiger partial charge in [0.15, 0.2) is 0 Å². The molecular formula is C12H13N3O3. The van der Waals surface area contributed by atoms with Crippen molar-refractivity contribution in [3.05, 3.63) is 33.9 Å². The Hall–Kier alpha value is -2.13. The normalized spacial score (nSPS) is 19.3. The lowest BCUT2D eigenvalue weighted by molar-refractivity contribution is -0.384. The van der Waals surface area contributed by atoms with Crippen molar-refractivity contribution in [2.45, 2.75) is 18.9 Å². The highest BCUT2D eigenvalue weighted by molar-refractivity contribution is 5.63. The number of nitro benzene ring substituents is 1. The lowest BCUT2D eigenvalue weighted by atomic mass is 10.1. The molecule has 1 aromatic rings. The molecule has 94 valence electrons. The number of aliphatic hydroxyl groups is 1. The average molecular weight is 247 g/mol. The van der Waals surface area contributed by atoms with Gasteiger partial charge in [0, 0.05) is 25.2 Å². The maximum Gasteiger partial charge on any atom is 0.270 e. The molecule has 1 heterocycles. The van der Waals surface area contributed by atoms with E-state index in [1.807, 2.05) is 11.0 Å². The molecule has 0 aromatic heterocycles. The summed E-state index contributed by atoms with van der Waals surface area (Å²) in [5.41, 5.74) is 0.841. The van der Waals surface area contributed by atoms with Crippen LogP contribution < -0.4 is 4.90 Å². The summed E-state index contributed by atoms with van der Waals surface area (Å²) in [7, 11) is 0. The first-order valence-electron chi connectivity index (χ1n) is 5.73. The van der Waals surface area contributed by atoms with Crippen molar-refractivity contribution in [3.63, 3.8) is 0 Å². The average Bonchev–Trinajstić information content (AvgIpc) is 2.37. The molecule has 1 fully saturated rings. The molecular weight excluding hydrogens is 234 g/mol. The van der Waals surface area contributed by atoms with Crippen molar-refractivity contribution in [3.8, 4) is 6.07 Å². The Morgan fingerprint density at radius 1 is 1.56 bits per heavy atom. The summed E-state index contributed by atoms with van der Waals surface area (Å²) >= 11 is 0. The largest absolute Gasteiger partial charge is 0.391 e. The number of aliphatic hydroxyl groups excluding tert-OH is 1. The Morgan fingerprint density at radius 3 is 2.94 bits per heavy atom. The molecule has 0 spiro atoms. The molecule has 0 bridgehead atoms. The van der Waals surface area contributed by atoms with Gasteiger partial charge in [-0.05, 0) is 18.9 Å². The summed E-state index contributed by atoms with van der Waals surface area (Å²) < 4.78 is 0. The molecule has 1 atom stereocenters. The lowest BCUT2D eigenvalue weighted by Crippen LogP contribution is -2.38. The second-order valence-electron chi connectivity index (χ2n) is 4.31. The Labute approximate surface area is 104 Å². The van der Waals surface area contributed by atoms with Crippen LogP contribution in [0.15, 0.2) is 18.2 Å². The van der Waals surface area contributed by atoms with Gasteiger partial charge in [-0.25, -0.2) is 0 Å². The highest BCUT2D eigenvalue weighted by Gasteiger charge is 2.21. The quantitative estimate of drug-likeness (QED) is 0.630. The maximum absolute atomic E-state index is 10.7. The first-order chi connectivity index (χ1) is 8.61. The number of anilines is 1. The lowest BCUT2D eigenvalue weighted by Gasteiger charge is -2.32. The summed E-state index contributed by atoms with van der Waals surface area (Å²) in [5.74, 6) is 0. The fourth-order valence-corrected chi connectivity index (χ4v) is 2.18. The van der Waals surface area contributed by atoms with Crippen molar-refractivity contribution >= 4 is 11.4 Å². The molecule has 0 amide bonds. The number of hydrogen-bond donors (Lipinski definition) is 1. The van der Waals surface area contributed by atoms with E-state index in [0.29, 0.717) is 12.2 Å². The predicted octanol–water partition coefficient (Wildman–Crippen LogP) is 1.43. The smallest absolute Gasteiger partial charge is 0.270 e. The second kappa shape index (κ2) is 5.02. The topological polar surface area (TPSA) is 90.4 Å². The van der Waals surface area contributed by atoms with Crippen molar-refractivity contribution in [1.82, 2.24) is 0 Å². The highest BCUT2D eigenvalue weighted by Crippen LogP contribution is 2.27. The van der Waals surface area contributed by atoms with Crippen LogP contribution in [0.2, 0.25) is 0 Å². The number of nitrogens with zero attached hydrogens (tertiary/aromatic N) is 3. The number of rotatable bonds is 2. The Balaban J connectivity index is 2.33. The minimum Gasteiger partial charge on any atom is -0.391 e. The summed E-state index contributed by atoms with van der Waals surface area (Å²) in [6.07, 6.45) is 1.20. The van der Waals surface area contributed by atoms with Crippen LogP contribution in [0.1, 0.15) is 18.4 Å². The Kier molecular flexibility index (Phi) is 3.44. The number of piperidine rings is 1. The van der Waals surface area contributed by atoms with Gasteiger partial charge in [-0.3, -0.25) is 10.1 Å². The molecule has 6 nitrogen and oxygen atoms in total. The third kappa shape index (κ3) is 2.41. The van der Waals surface area contributed by atoms with E-state index < -0.39 is 11.0 Å². The second-order valence-corrected chi connectivity index (χ2v) is 4.31. The van der Waals surface area contributed by atoms with Crippen LogP contribution in [0.3, 0.4) is 0 Å². The fourth-order valence-electron chi connectivity index (χ4n) is 2.18. The Morgan fingerprint density at radius 2 is 2.33 bits per heavy atom. The van der Waals surface area contributed by atoms with Crippen LogP contribution in [0.4, 0.5) is 11.4 Å². The van der Waals surface area contributed by atoms with Crippen molar-refractivity contribution in [2.75, 3.05) is 18.0 Å². The molecule has 1 N–H and O–H groups in total. The third-order valence-corrected chi connectivity index (χ3v) is 3.05. The number of hydrogen-bond acceptors (Lipinski definition) is 5. The first-order valence-corrected chi connectivity index (χ1v) is 5.73. The summed E-state index contributed by atoms with van der Waals surface area (Å²) in [5, 5.41) is 29.3. The molecule has 1 aromatic carbocycles. The zero-order chi connectivity index (χ0) is 13.1. The number of nitro groups is 1. The van der Waals surface area contributed by atoms with Crippen molar-refractivity contribution in [1.29, 1.82) is 5.26 Å². The van der Waals surface area contributed by atoms with E-state index in [1.165, 1.54) is 12.1 Å². The molecule has 0 saturated carbocycles. The van der Waals surface area contributed by atoms with Crippen LogP contribution >= 0.6 is 0 Å². The van der Waals surface area contributed by atoms with Gasteiger partial charge < -0.3 is 10.0 Å². The highest BCUT2D eigenvalue weighted by atomic mass is 16.6. The first kappa shape index (κ1) is 12.3. The number of non-ortho nitro benzene ring substituents is 1. The van der Waals surface area contributed by atoms with E-state index in [9.17, 15) is 15.2 Å². The number of nitriles is 1. The van der Waals surface area contributed by atoms with Gasteiger partial charge in [0.2, 0.25) is 0 Å². The maximum atomic E-state index is 10.7. The fraction of sp³-hybridized carbons (Fsp3) is 0.417. The molecule has 1 unspecified atom stereocenters. The van der Waals surface area contributed by atoms with Crippen molar-refractivity contribution in [2.24, 2.45) is 0 Å². The van der Waals surface area contributed by atoms with E-state index in [4.69, 9.17) is 5.26 Å². The molecule has 2 rings (SSSR count). The van der Waals surface area contributed by atoms with E-state index in [2.05, 4.69) is 0 Å². The molecule has 1 saturated heterocycles. The number of β-amino-alcohol motifs (C(OH)–C–C–N with tert-alkyl or cyclic N) is 1. The molecule has 0 aliphatic carbocycles. The van der Waals surface area contributed by atoms with Gasteiger partial charge in [-0.15, -0.1) is 0 Å². The SMILES string of the molecule is N#Cc1cc([N+](=O)[O-])ccc1N1CCCC(O)C1. The van der Waals surface area contributed by atoms with Gasteiger partial charge in [0.1, 0.15) is 6.07 Å². The van der Waals surface area contributed by atoms with Gasteiger partial charge in [0.25, 0.3) is 5.69 Å². The third-order valence-electron chi connectivity index (χ3n) is 3.05. The minimum atomic E-state index is -0.518. The van der Waals surface area contributed by atoms with E-state index in [1.54, 1.807) is 6.07 Å². The molecule has 0 radical (unpaired) electrons. The van der Waals surface area contributed by atoms with Gasteiger partial charge >= 0.3 is 0 Å². The van der Waals surface area contributed by atoms with Crippen LogP contribution in [0.5, 0.6) is 0 Å². The molecule has 1 aliphatic heterocycles. The zero-order valence-electron chi connectivity index (χ0n) is 9.74. The monoisotopic (exact) mass is 247 g/mol. The van der Waals surface area contributed by atoms with E-state index >= 15 is 0 Å². The molecule has 18 heavy (non-hydrogen) atoms. The van der Waals surface area contributed by atoms with Crippen LogP contribution in [0, 0.1) is 21.4 Å².